The molecule has 1 aromatic carbocycles. The van der Waals surface area contributed by atoms with Gasteiger partial charge in [-0.2, -0.15) is 0 Å². The first kappa shape index (κ1) is 8.46. The molecule has 0 aliphatic carbocycles. The first-order chi connectivity index (χ1) is 6.16. The van der Waals surface area contributed by atoms with Crippen LogP contribution < -0.4 is 0 Å². The van der Waals surface area contributed by atoms with Gasteiger partial charge in [-0.25, -0.2) is 4.98 Å². The lowest BCUT2D eigenvalue weighted by Gasteiger charge is -1.88. The molecule has 1 aromatic heterocycles. The SMILES string of the molecule is O=[N+]([O-])c1ccc2nc(S)sc2c1. The van der Waals surface area contributed by atoms with Crippen LogP contribution in [-0.2, 0) is 0 Å². The van der Waals surface area contributed by atoms with E-state index < -0.39 is 4.92 Å². The second-order valence-electron chi connectivity index (χ2n) is 2.41. The summed E-state index contributed by atoms with van der Waals surface area (Å²) in [7, 11) is 0. The standard InChI is InChI=1S/C7H4N2O2S2/c10-9(11)4-1-2-5-6(3-4)13-7(12)8-5/h1-3H,(H,8,12). The van der Waals surface area contributed by atoms with E-state index in [1.807, 2.05) is 0 Å². The predicted octanol–water partition coefficient (Wildman–Crippen LogP) is 2.49. The van der Waals surface area contributed by atoms with Gasteiger partial charge in [-0.05, 0) is 6.07 Å². The van der Waals surface area contributed by atoms with Gasteiger partial charge in [0.1, 0.15) is 4.34 Å². The fourth-order valence-electron chi connectivity index (χ4n) is 1.01. The van der Waals surface area contributed by atoms with E-state index >= 15 is 0 Å². The molecular weight excluding hydrogens is 208 g/mol. The summed E-state index contributed by atoms with van der Waals surface area (Å²) < 4.78 is 1.41. The number of aromatic nitrogens is 1. The fourth-order valence-corrected chi connectivity index (χ4v) is 2.16. The molecule has 4 nitrogen and oxygen atoms in total. The van der Waals surface area contributed by atoms with Crippen molar-refractivity contribution < 1.29 is 4.92 Å². The molecule has 0 aliphatic rings. The Balaban J connectivity index is 2.67. The topological polar surface area (TPSA) is 56.0 Å². The number of hydrogen-bond donors (Lipinski definition) is 1. The number of hydrogen-bond acceptors (Lipinski definition) is 5. The maximum atomic E-state index is 10.4. The third-order valence-corrected chi connectivity index (χ3v) is 2.77. The number of nitro benzene ring substituents is 1. The Bertz CT molecular complexity index is 480. The minimum Gasteiger partial charge on any atom is -0.258 e. The number of thiol groups is 1. The van der Waals surface area contributed by atoms with Crippen LogP contribution >= 0.6 is 24.0 Å². The molecule has 0 unspecified atom stereocenters. The lowest BCUT2D eigenvalue weighted by Crippen LogP contribution is -1.85. The maximum Gasteiger partial charge on any atom is 0.270 e. The second-order valence-corrected chi connectivity index (χ2v) is 4.16. The smallest absolute Gasteiger partial charge is 0.258 e. The van der Waals surface area contributed by atoms with Gasteiger partial charge in [0.25, 0.3) is 5.69 Å². The number of nitro groups is 1. The van der Waals surface area contributed by atoms with Crippen molar-refractivity contribution in [1.82, 2.24) is 4.98 Å². The van der Waals surface area contributed by atoms with Crippen molar-refractivity contribution in [2.24, 2.45) is 0 Å². The summed E-state index contributed by atoms with van der Waals surface area (Å²) in [6, 6.07) is 4.58. The van der Waals surface area contributed by atoms with E-state index in [-0.39, 0.29) is 5.69 Å². The zero-order valence-electron chi connectivity index (χ0n) is 6.30. The number of nitrogens with zero attached hydrogens (tertiary/aromatic N) is 2. The van der Waals surface area contributed by atoms with E-state index in [0.29, 0.717) is 4.34 Å². The highest BCUT2D eigenvalue weighted by molar-refractivity contribution is 7.82. The van der Waals surface area contributed by atoms with Gasteiger partial charge in [-0.1, -0.05) is 0 Å². The summed E-state index contributed by atoms with van der Waals surface area (Å²) in [4.78, 5) is 14.1. The molecule has 0 N–H and O–H groups in total. The number of thiazole rings is 1. The van der Waals surface area contributed by atoms with Crippen molar-refractivity contribution >= 4 is 39.9 Å². The average molecular weight is 212 g/mol. The van der Waals surface area contributed by atoms with Gasteiger partial charge in [0.05, 0.1) is 15.1 Å². The van der Waals surface area contributed by atoms with Gasteiger partial charge < -0.3 is 0 Å². The number of fused-ring (bicyclic) bond motifs is 1. The molecule has 6 heteroatoms. The number of non-ortho nitro benzene ring substituents is 1. The lowest BCUT2D eigenvalue weighted by molar-refractivity contribution is -0.384. The highest BCUT2D eigenvalue weighted by Crippen LogP contribution is 2.27. The minimum atomic E-state index is -0.419. The lowest BCUT2D eigenvalue weighted by atomic mass is 10.3. The molecule has 0 saturated heterocycles. The predicted molar refractivity (Wildman–Crippen MR) is 53.5 cm³/mol. The second kappa shape index (κ2) is 2.97. The molecular formula is C7H4N2O2S2. The largest absolute Gasteiger partial charge is 0.270 e. The van der Waals surface area contributed by atoms with Crippen molar-refractivity contribution in [3.05, 3.63) is 28.3 Å². The van der Waals surface area contributed by atoms with Crippen LogP contribution in [0.15, 0.2) is 22.5 Å². The van der Waals surface area contributed by atoms with Gasteiger partial charge in [0.2, 0.25) is 0 Å². The molecule has 0 bridgehead atoms. The van der Waals surface area contributed by atoms with Crippen LogP contribution in [0.25, 0.3) is 10.2 Å². The van der Waals surface area contributed by atoms with Crippen LogP contribution in [0.5, 0.6) is 0 Å². The van der Waals surface area contributed by atoms with Crippen molar-refractivity contribution in [3.63, 3.8) is 0 Å². The van der Waals surface area contributed by atoms with E-state index in [1.165, 1.54) is 23.5 Å². The minimum absolute atomic E-state index is 0.0875. The molecule has 0 saturated carbocycles. The first-order valence-electron chi connectivity index (χ1n) is 3.41. The summed E-state index contributed by atoms with van der Waals surface area (Å²) in [5.74, 6) is 0. The normalized spacial score (nSPS) is 10.5. The van der Waals surface area contributed by atoms with E-state index in [4.69, 9.17) is 0 Å². The third-order valence-electron chi connectivity index (χ3n) is 1.57. The molecule has 1 heterocycles. The molecule has 66 valence electrons. The van der Waals surface area contributed by atoms with E-state index in [9.17, 15) is 10.1 Å². The molecule has 2 aromatic rings. The molecule has 0 amide bonds. The molecule has 0 radical (unpaired) electrons. The van der Waals surface area contributed by atoms with E-state index in [2.05, 4.69) is 17.6 Å². The first-order valence-corrected chi connectivity index (χ1v) is 4.67. The highest BCUT2D eigenvalue weighted by atomic mass is 32.2. The van der Waals surface area contributed by atoms with Crippen LogP contribution in [0.1, 0.15) is 0 Å². The summed E-state index contributed by atoms with van der Waals surface area (Å²) in [5, 5.41) is 10.4. The van der Waals surface area contributed by atoms with Crippen LogP contribution in [0, 0.1) is 10.1 Å². The molecule has 0 fully saturated rings. The van der Waals surface area contributed by atoms with Crippen molar-refractivity contribution in [3.8, 4) is 0 Å². The van der Waals surface area contributed by atoms with Crippen molar-refractivity contribution in [1.29, 1.82) is 0 Å². The summed E-state index contributed by atoms with van der Waals surface area (Å²) in [5.41, 5.74) is 0.838. The monoisotopic (exact) mass is 212 g/mol. The Morgan fingerprint density at radius 2 is 2.31 bits per heavy atom. The van der Waals surface area contributed by atoms with Gasteiger partial charge in [-0.15, -0.1) is 24.0 Å². The molecule has 2 rings (SSSR count). The van der Waals surface area contributed by atoms with Crippen LogP contribution in [-0.4, -0.2) is 9.91 Å². The Morgan fingerprint density at radius 3 is 3.00 bits per heavy atom. The Morgan fingerprint density at radius 1 is 1.54 bits per heavy atom. The zero-order chi connectivity index (χ0) is 9.42. The van der Waals surface area contributed by atoms with Crippen molar-refractivity contribution in [2.75, 3.05) is 0 Å². The van der Waals surface area contributed by atoms with Gasteiger partial charge >= 0.3 is 0 Å². The Kier molecular flexibility index (Phi) is 1.93. The Labute approximate surface area is 82.8 Å². The van der Waals surface area contributed by atoms with Crippen LogP contribution in [0.4, 0.5) is 5.69 Å². The summed E-state index contributed by atoms with van der Waals surface area (Å²) in [6.45, 7) is 0. The van der Waals surface area contributed by atoms with Gasteiger partial charge in [-0.3, -0.25) is 10.1 Å². The third kappa shape index (κ3) is 1.50. The van der Waals surface area contributed by atoms with Gasteiger partial charge in [0.15, 0.2) is 0 Å². The Hall–Kier alpha value is -1.14. The van der Waals surface area contributed by atoms with Gasteiger partial charge in [0, 0.05) is 12.1 Å². The molecule has 0 aliphatic heterocycles. The molecule has 0 atom stereocenters. The average Bonchev–Trinajstić information content (AvgIpc) is 2.42. The number of rotatable bonds is 1. The quantitative estimate of drug-likeness (QED) is 0.449. The summed E-state index contributed by atoms with van der Waals surface area (Å²) >= 11 is 5.40. The number of benzene rings is 1. The summed E-state index contributed by atoms with van der Waals surface area (Å²) in [6.07, 6.45) is 0. The highest BCUT2D eigenvalue weighted by Gasteiger charge is 2.08. The van der Waals surface area contributed by atoms with Crippen LogP contribution in [0.3, 0.4) is 0 Å². The fraction of sp³-hybridized carbons (Fsp3) is 0. The molecule has 0 spiro atoms. The maximum absolute atomic E-state index is 10.4. The van der Waals surface area contributed by atoms with Crippen LogP contribution in [0.2, 0.25) is 0 Å². The molecule has 13 heavy (non-hydrogen) atoms. The zero-order valence-corrected chi connectivity index (χ0v) is 8.01. The van der Waals surface area contributed by atoms with E-state index in [1.54, 1.807) is 6.07 Å². The van der Waals surface area contributed by atoms with E-state index in [0.717, 1.165) is 10.2 Å². The van der Waals surface area contributed by atoms with Crippen molar-refractivity contribution in [2.45, 2.75) is 4.34 Å².